The van der Waals surface area contributed by atoms with Crippen LogP contribution in [0.2, 0.25) is 0 Å². The number of hydrogen-bond acceptors (Lipinski definition) is 4. The van der Waals surface area contributed by atoms with Crippen molar-refractivity contribution in [3.8, 4) is 5.75 Å². The zero-order chi connectivity index (χ0) is 13.2. The van der Waals surface area contributed by atoms with Crippen LogP contribution in [0.25, 0.3) is 10.9 Å². The fourth-order valence-electron chi connectivity index (χ4n) is 2.16. The van der Waals surface area contributed by atoms with Crippen LogP contribution in [0.1, 0.15) is 19.3 Å². The average Bonchev–Trinajstić information content (AvgIpc) is 3.22. The van der Waals surface area contributed by atoms with Gasteiger partial charge in [-0.2, -0.15) is 0 Å². The van der Waals surface area contributed by atoms with Crippen LogP contribution in [0, 0.1) is 11.7 Å². The van der Waals surface area contributed by atoms with E-state index < -0.39 is 5.82 Å². The Morgan fingerprint density at radius 2 is 2.21 bits per heavy atom. The summed E-state index contributed by atoms with van der Waals surface area (Å²) < 4.78 is 18.6. The zero-order valence-electron chi connectivity index (χ0n) is 10.8. The normalized spacial score (nSPS) is 14.6. The van der Waals surface area contributed by atoms with Crippen LogP contribution in [-0.4, -0.2) is 23.6 Å². The number of nitrogens with zero attached hydrogens (tertiary/aromatic N) is 2. The van der Waals surface area contributed by atoms with E-state index >= 15 is 0 Å². The van der Waals surface area contributed by atoms with Gasteiger partial charge in [0.15, 0.2) is 11.6 Å². The third-order valence-electron chi connectivity index (χ3n) is 3.45. The standard InChI is InChI=1S/C14H16FN3O/c1-19-13-6-10-12(7-11(13)15)17-8-18-14(10)16-5-4-9-2-3-9/h6-9H,2-5H2,1H3,(H,16,17,18). The molecule has 5 heteroatoms. The van der Waals surface area contributed by atoms with Gasteiger partial charge < -0.3 is 10.1 Å². The molecule has 0 aliphatic heterocycles. The third kappa shape index (κ3) is 2.59. The smallest absolute Gasteiger partial charge is 0.167 e. The number of rotatable bonds is 5. The van der Waals surface area contributed by atoms with Crippen LogP contribution >= 0.6 is 0 Å². The van der Waals surface area contributed by atoms with Gasteiger partial charge in [-0.25, -0.2) is 14.4 Å². The first-order valence-electron chi connectivity index (χ1n) is 6.50. The molecule has 3 rings (SSSR count). The van der Waals surface area contributed by atoms with Crippen LogP contribution in [0.15, 0.2) is 18.5 Å². The van der Waals surface area contributed by atoms with E-state index in [1.165, 1.54) is 32.3 Å². The molecule has 0 atom stereocenters. The number of aromatic nitrogens is 2. The van der Waals surface area contributed by atoms with E-state index in [4.69, 9.17) is 4.74 Å². The van der Waals surface area contributed by atoms with Crippen LogP contribution in [0.3, 0.4) is 0 Å². The molecule has 1 saturated carbocycles. The second kappa shape index (κ2) is 4.99. The van der Waals surface area contributed by atoms with Crippen molar-refractivity contribution in [2.45, 2.75) is 19.3 Å². The minimum atomic E-state index is -0.405. The van der Waals surface area contributed by atoms with E-state index in [9.17, 15) is 4.39 Å². The van der Waals surface area contributed by atoms with Crippen molar-refractivity contribution >= 4 is 16.7 Å². The molecule has 1 aromatic carbocycles. The Balaban J connectivity index is 1.88. The maximum Gasteiger partial charge on any atom is 0.167 e. The van der Waals surface area contributed by atoms with E-state index in [-0.39, 0.29) is 5.75 Å². The van der Waals surface area contributed by atoms with Gasteiger partial charge in [-0.15, -0.1) is 0 Å². The van der Waals surface area contributed by atoms with Crippen LogP contribution in [0.5, 0.6) is 5.75 Å². The van der Waals surface area contributed by atoms with Crippen LogP contribution < -0.4 is 10.1 Å². The number of fused-ring (bicyclic) bond motifs is 1. The van der Waals surface area contributed by atoms with Gasteiger partial charge in [-0.05, 0) is 18.4 Å². The lowest BCUT2D eigenvalue weighted by atomic mass is 10.2. The molecular formula is C14H16FN3O. The first-order chi connectivity index (χ1) is 9.28. The second-order valence-electron chi connectivity index (χ2n) is 4.89. The average molecular weight is 261 g/mol. The number of nitrogens with one attached hydrogen (secondary N) is 1. The van der Waals surface area contributed by atoms with Gasteiger partial charge in [0.25, 0.3) is 0 Å². The van der Waals surface area contributed by atoms with Crippen molar-refractivity contribution in [2.24, 2.45) is 5.92 Å². The second-order valence-corrected chi connectivity index (χ2v) is 4.89. The Bertz CT molecular complexity index is 599. The quantitative estimate of drug-likeness (QED) is 0.898. The molecule has 1 aliphatic rings. The van der Waals surface area contributed by atoms with Crippen molar-refractivity contribution in [3.63, 3.8) is 0 Å². The molecule has 1 aliphatic carbocycles. The molecule has 0 unspecified atom stereocenters. The summed E-state index contributed by atoms with van der Waals surface area (Å²) in [6.07, 6.45) is 5.29. The Kier molecular flexibility index (Phi) is 3.19. The SMILES string of the molecule is COc1cc2c(NCCC3CC3)ncnc2cc1F. The van der Waals surface area contributed by atoms with Gasteiger partial charge in [0.1, 0.15) is 12.1 Å². The minimum Gasteiger partial charge on any atom is -0.494 e. The molecule has 1 fully saturated rings. The van der Waals surface area contributed by atoms with Gasteiger partial charge >= 0.3 is 0 Å². The minimum absolute atomic E-state index is 0.215. The van der Waals surface area contributed by atoms with E-state index in [0.717, 1.165) is 30.1 Å². The summed E-state index contributed by atoms with van der Waals surface area (Å²) in [6, 6.07) is 3.02. The molecule has 1 heterocycles. The van der Waals surface area contributed by atoms with E-state index in [1.54, 1.807) is 6.07 Å². The zero-order valence-corrected chi connectivity index (χ0v) is 10.8. The number of halogens is 1. The molecule has 100 valence electrons. The summed E-state index contributed by atoms with van der Waals surface area (Å²) in [5.74, 6) is 1.42. The maximum atomic E-state index is 13.6. The first kappa shape index (κ1) is 12.1. The highest BCUT2D eigenvalue weighted by atomic mass is 19.1. The molecule has 1 N–H and O–H groups in total. The largest absolute Gasteiger partial charge is 0.494 e. The number of methoxy groups -OCH3 is 1. The third-order valence-corrected chi connectivity index (χ3v) is 3.45. The number of ether oxygens (including phenoxy) is 1. The Morgan fingerprint density at radius 1 is 1.37 bits per heavy atom. The molecule has 0 bridgehead atoms. The van der Waals surface area contributed by atoms with Gasteiger partial charge in [0, 0.05) is 18.0 Å². The highest BCUT2D eigenvalue weighted by Crippen LogP contribution is 2.32. The van der Waals surface area contributed by atoms with Gasteiger partial charge in [0.05, 0.1) is 12.6 Å². The van der Waals surface area contributed by atoms with E-state index in [2.05, 4.69) is 15.3 Å². The van der Waals surface area contributed by atoms with Crippen molar-refractivity contribution in [2.75, 3.05) is 19.0 Å². The highest BCUT2D eigenvalue weighted by molar-refractivity contribution is 5.90. The monoisotopic (exact) mass is 261 g/mol. The summed E-state index contributed by atoms with van der Waals surface area (Å²) in [5.41, 5.74) is 0.585. The molecule has 19 heavy (non-hydrogen) atoms. The Morgan fingerprint density at radius 3 is 2.95 bits per heavy atom. The summed E-state index contributed by atoms with van der Waals surface area (Å²) in [5, 5.41) is 4.09. The van der Waals surface area contributed by atoms with E-state index in [0.29, 0.717) is 5.52 Å². The van der Waals surface area contributed by atoms with Gasteiger partial charge in [-0.1, -0.05) is 12.8 Å². The highest BCUT2D eigenvalue weighted by Gasteiger charge is 2.20. The van der Waals surface area contributed by atoms with Crippen molar-refractivity contribution in [1.82, 2.24) is 9.97 Å². The summed E-state index contributed by atoms with van der Waals surface area (Å²) in [7, 11) is 1.45. The number of anilines is 1. The molecule has 0 spiro atoms. The first-order valence-corrected chi connectivity index (χ1v) is 6.50. The topological polar surface area (TPSA) is 47.0 Å². The lowest BCUT2D eigenvalue weighted by Crippen LogP contribution is -2.05. The molecule has 4 nitrogen and oxygen atoms in total. The van der Waals surface area contributed by atoms with Gasteiger partial charge in [-0.3, -0.25) is 0 Å². The van der Waals surface area contributed by atoms with Crippen LogP contribution in [-0.2, 0) is 0 Å². The predicted molar refractivity (Wildman–Crippen MR) is 71.9 cm³/mol. The number of benzene rings is 1. The summed E-state index contributed by atoms with van der Waals surface area (Å²) in [4.78, 5) is 8.32. The Labute approximate surface area is 111 Å². The number of hydrogen-bond donors (Lipinski definition) is 1. The lowest BCUT2D eigenvalue weighted by molar-refractivity contribution is 0.387. The Hall–Kier alpha value is -1.91. The molecule has 1 aromatic heterocycles. The molecule has 0 amide bonds. The predicted octanol–water partition coefficient (Wildman–Crippen LogP) is 2.99. The fourth-order valence-corrected chi connectivity index (χ4v) is 2.16. The van der Waals surface area contributed by atoms with Crippen LogP contribution in [0.4, 0.5) is 10.2 Å². The summed E-state index contributed by atoms with van der Waals surface area (Å²) in [6.45, 7) is 0.885. The molecule has 2 aromatic rings. The molecular weight excluding hydrogens is 245 g/mol. The van der Waals surface area contributed by atoms with Crippen molar-refractivity contribution < 1.29 is 9.13 Å². The van der Waals surface area contributed by atoms with Gasteiger partial charge in [0.2, 0.25) is 0 Å². The van der Waals surface area contributed by atoms with Crippen molar-refractivity contribution in [3.05, 3.63) is 24.3 Å². The lowest BCUT2D eigenvalue weighted by Gasteiger charge is -2.09. The molecule has 0 saturated heterocycles. The fraction of sp³-hybridized carbons (Fsp3) is 0.429. The van der Waals surface area contributed by atoms with Crippen molar-refractivity contribution in [1.29, 1.82) is 0 Å². The maximum absolute atomic E-state index is 13.6. The van der Waals surface area contributed by atoms with E-state index in [1.807, 2.05) is 0 Å². The molecule has 0 radical (unpaired) electrons. The summed E-state index contributed by atoms with van der Waals surface area (Å²) >= 11 is 0.